The molecule has 2 N–H and O–H groups in total. The Morgan fingerprint density at radius 3 is 2.91 bits per heavy atom. The van der Waals surface area contributed by atoms with E-state index in [1.54, 1.807) is 0 Å². The molecule has 0 radical (unpaired) electrons. The van der Waals surface area contributed by atoms with Crippen LogP contribution >= 0.6 is 11.8 Å². The highest BCUT2D eigenvalue weighted by atomic mass is 32.2. The lowest BCUT2D eigenvalue weighted by molar-refractivity contribution is 0.413. The van der Waals surface area contributed by atoms with Crippen LogP contribution in [0.25, 0.3) is 0 Å². The summed E-state index contributed by atoms with van der Waals surface area (Å²) in [5.41, 5.74) is 7.49. The largest absolute Gasteiger partial charge is 0.327 e. The Kier molecular flexibility index (Phi) is 3.02. The van der Waals surface area contributed by atoms with E-state index in [1.165, 1.54) is 23.5 Å². The second kappa shape index (κ2) is 3.63. The molecule has 1 fully saturated rings. The first-order valence-corrected chi connectivity index (χ1v) is 5.25. The SMILES string of the molecule is CC1(C)CSCC(=CCN)C1. The molecule has 2 heteroatoms. The zero-order valence-electron chi connectivity index (χ0n) is 7.39. The molecular formula is C9H17NS. The van der Waals surface area contributed by atoms with Gasteiger partial charge in [0, 0.05) is 12.3 Å². The van der Waals surface area contributed by atoms with Crippen molar-refractivity contribution in [2.45, 2.75) is 20.3 Å². The molecule has 0 saturated carbocycles. The molecule has 0 aromatic rings. The lowest BCUT2D eigenvalue weighted by atomic mass is 9.87. The smallest absolute Gasteiger partial charge is 0.0144 e. The van der Waals surface area contributed by atoms with Gasteiger partial charge >= 0.3 is 0 Å². The topological polar surface area (TPSA) is 26.0 Å². The minimum absolute atomic E-state index is 0.490. The van der Waals surface area contributed by atoms with Gasteiger partial charge in [0.1, 0.15) is 0 Å². The lowest BCUT2D eigenvalue weighted by Gasteiger charge is -2.30. The van der Waals surface area contributed by atoms with Crippen molar-refractivity contribution in [1.82, 2.24) is 0 Å². The Labute approximate surface area is 73.4 Å². The zero-order chi connectivity index (χ0) is 8.32. The Morgan fingerprint density at radius 2 is 2.36 bits per heavy atom. The summed E-state index contributed by atoms with van der Waals surface area (Å²) in [4.78, 5) is 0. The molecule has 0 bridgehead atoms. The Bertz CT molecular complexity index is 161. The number of thioether (sulfide) groups is 1. The number of rotatable bonds is 1. The van der Waals surface area contributed by atoms with Crippen LogP contribution in [-0.4, -0.2) is 18.1 Å². The molecule has 0 amide bonds. The highest BCUT2D eigenvalue weighted by molar-refractivity contribution is 7.99. The molecule has 0 atom stereocenters. The first-order valence-electron chi connectivity index (χ1n) is 4.10. The third-order valence-corrected chi connectivity index (χ3v) is 3.45. The van der Waals surface area contributed by atoms with Gasteiger partial charge in [-0.15, -0.1) is 0 Å². The highest BCUT2D eigenvalue weighted by Gasteiger charge is 2.23. The summed E-state index contributed by atoms with van der Waals surface area (Å²) in [5, 5.41) is 0. The Hall–Kier alpha value is 0.0500. The van der Waals surface area contributed by atoms with Gasteiger partial charge in [0.15, 0.2) is 0 Å². The van der Waals surface area contributed by atoms with Crippen molar-refractivity contribution >= 4 is 11.8 Å². The molecule has 1 heterocycles. The molecule has 64 valence electrons. The van der Waals surface area contributed by atoms with Crippen molar-refractivity contribution in [3.8, 4) is 0 Å². The standard InChI is InChI=1S/C9H17NS/c1-9(2)5-8(3-4-10)6-11-7-9/h3H,4-7,10H2,1-2H3. The van der Waals surface area contributed by atoms with Gasteiger partial charge in [-0.25, -0.2) is 0 Å². The maximum atomic E-state index is 5.46. The Balaban J connectivity index is 2.53. The minimum Gasteiger partial charge on any atom is -0.327 e. The van der Waals surface area contributed by atoms with Crippen LogP contribution in [0.1, 0.15) is 20.3 Å². The number of nitrogens with two attached hydrogens (primary N) is 1. The van der Waals surface area contributed by atoms with Gasteiger partial charge in [-0.1, -0.05) is 25.5 Å². The molecule has 0 aromatic heterocycles. The van der Waals surface area contributed by atoms with Crippen molar-refractivity contribution in [1.29, 1.82) is 0 Å². The summed E-state index contributed by atoms with van der Waals surface area (Å²) in [6.45, 7) is 5.35. The van der Waals surface area contributed by atoms with E-state index in [9.17, 15) is 0 Å². The molecule has 1 rings (SSSR count). The average Bonchev–Trinajstić information content (AvgIpc) is 1.85. The fourth-order valence-corrected chi connectivity index (χ4v) is 2.71. The van der Waals surface area contributed by atoms with E-state index in [1.807, 2.05) is 11.8 Å². The van der Waals surface area contributed by atoms with E-state index in [4.69, 9.17) is 5.73 Å². The summed E-state index contributed by atoms with van der Waals surface area (Å²) >= 11 is 2.03. The number of hydrogen-bond acceptors (Lipinski definition) is 2. The summed E-state index contributed by atoms with van der Waals surface area (Å²) in [6.07, 6.45) is 3.41. The molecular weight excluding hydrogens is 154 g/mol. The van der Waals surface area contributed by atoms with Crippen LogP contribution in [-0.2, 0) is 0 Å². The summed E-state index contributed by atoms with van der Waals surface area (Å²) in [7, 11) is 0. The van der Waals surface area contributed by atoms with E-state index >= 15 is 0 Å². The summed E-state index contributed by atoms with van der Waals surface area (Å²) in [5.74, 6) is 2.48. The van der Waals surface area contributed by atoms with E-state index in [2.05, 4.69) is 19.9 Å². The first kappa shape index (κ1) is 9.14. The van der Waals surface area contributed by atoms with Gasteiger partial charge in [-0.3, -0.25) is 0 Å². The van der Waals surface area contributed by atoms with Gasteiger partial charge in [0.2, 0.25) is 0 Å². The van der Waals surface area contributed by atoms with Crippen LogP contribution in [0.15, 0.2) is 11.6 Å². The maximum Gasteiger partial charge on any atom is 0.0144 e. The van der Waals surface area contributed by atoms with Crippen molar-refractivity contribution in [2.75, 3.05) is 18.1 Å². The van der Waals surface area contributed by atoms with Gasteiger partial charge in [0.05, 0.1) is 0 Å². The van der Waals surface area contributed by atoms with E-state index < -0.39 is 0 Å². The molecule has 11 heavy (non-hydrogen) atoms. The van der Waals surface area contributed by atoms with Crippen molar-refractivity contribution in [3.63, 3.8) is 0 Å². The fourth-order valence-electron chi connectivity index (χ4n) is 1.47. The van der Waals surface area contributed by atoms with Gasteiger partial charge in [-0.2, -0.15) is 11.8 Å². The number of hydrogen-bond donors (Lipinski definition) is 1. The minimum atomic E-state index is 0.490. The highest BCUT2D eigenvalue weighted by Crippen LogP contribution is 2.35. The fraction of sp³-hybridized carbons (Fsp3) is 0.778. The average molecular weight is 171 g/mol. The molecule has 0 spiro atoms. The third kappa shape index (κ3) is 2.88. The molecule has 0 aliphatic carbocycles. The predicted octanol–water partition coefficient (Wildman–Crippen LogP) is 2.03. The second-order valence-electron chi connectivity index (χ2n) is 3.93. The van der Waals surface area contributed by atoms with Crippen LogP contribution < -0.4 is 5.73 Å². The van der Waals surface area contributed by atoms with Crippen LogP contribution in [0.3, 0.4) is 0 Å². The normalized spacial score (nSPS) is 27.4. The molecule has 1 saturated heterocycles. The quantitative estimate of drug-likeness (QED) is 0.611. The zero-order valence-corrected chi connectivity index (χ0v) is 8.21. The molecule has 0 unspecified atom stereocenters. The van der Waals surface area contributed by atoms with E-state index in [0.717, 1.165) is 0 Å². The van der Waals surface area contributed by atoms with Crippen molar-refractivity contribution < 1.29 is 0 Å². The molecule has 1 aliphatic heterocycles. The predicted molar refractivity (Wildman–Crippen MR) is 52.9 cm³/mol. The first-order chi connectivity index (χ1) is 5.14. The molecule has 1 nitrogen and oxygen atoms in total. The van der Waals surface area contributed by atoms with Gasteiger partial charge in [0.25, 0.3) is 0 Å². The van der Waals surface area contributed by atoms with E-state index in [0.29, 0.717) is 12.0 Å². The van der Waals surface area contributed by atoms with Crippen LogP contribution in [0.5, 0.6) is 0 Å². The molecule has 0 aromatic carbocycles. The van der Waals surface area contributed by atoms with Crippen molar-refractivity contribution in [3.05, 3.63) is 11.6 Å². The Morgan fingerprint density at radius 1 is 1.64 bits per heavy atom. The monoisotopic (exact) mass is 171 g/mol. The maximum absolute atomic E-state index is 5.46. The van der Waals surface area contributed by atoms with E-state index in [-0.39, 0.29) is 0 Å². The van der Waals surface area contributed by atoms with Crippen molar-refractivity contribution in [2.24, 2.45) is 11.1 Å². The van der Waals surface area contributed by atoms with Crippen LogP contribution in [0.4, 0.5) is 0 Å². The van der Waals surface area contributed by atoms with Crippen LogP contribution in [0.2, 0.25) is 0 Å². The lowest BCUT2D eigenvalue weighted by Crippen LogP contribution is -2.21. The summed E-state index contributed by atoms with van der Waals surface area (Å²) < 4.78 is 0. The summed E-state index contributed by atoms with van der Waals surface area (Å²) in [6, 6.07) is 0. The third-order valence-electron chi connectivity index (χ3n) is 1.89. The molecule has 1 aliphatic rings. The van der Waals surface area contributed by atoms with Gasteiger partial charge < -0.3 is 5.73 Å². The second-order valence-corrected chi connectivity index (χ2v) is 4.92. The van der Waals surface area contributed by atoms with Gasteiger partial charge in [-0.05, 0) is 17.6 Å². The van der Waals surface area contributed by atoms with Crippen LogP contribution in [0, 0.1) is 5.41 Å².